The normalized spacial score (nSPS) is 21.7. The van der Waals surface area contributed by atoms with Crippen LogP contribution in [-0.2, 0) is 14.3 Å². The van der Waals surface area contributed by atoms with Gasteiger partial charge in [-0.15, -0.1) is 0 Å². The second-order valence-corrected chi connectivity index (χ2v) is 5.00. The van der Waals surface area contributed by atoms with E-state index in [-0.39, 0.29) is 11.9 Å². The molecule has 1 aliphatic rings. The zero-order valence-electron chi connectivity index (χ0n) is 10.8. The predicted molar refractivity (Wildman–Crippen MR) is 64.2 cm³/mol. The molecule has 0 spiro atoms. The average molecular weight is 242 g/mol. The molecule has 1 aliphatic heterocycles. The van der Waals surface area contributed by atoms with Gasteiger partial charge in [0.25, 0.3) is 0 Å². The summed E-state index contributed by atoms with van der Waals surface area (Å²) in [5, 5.41) is 0. The molecule has 0 bridgehead atoms. The molecule has 0 aromatic carbocycles. The lowest BCUT2D eigenvalue weighted by Gasteiger charge is -2.25. The molecule has 0 radical (unpaired) electrons. The Morgan fingerprint density at radius 3 is 2.59 bits per heavy atom. The van der Waals surface area contributed by atoms with Crippen LogP contribution >= 0.6 is 0 Å². The second-order valence-electron chi connectivity index (χ2n) is 5.00. The smallest absolute Gasteiger partial charge is 0.328 e. The minimum absolute atomic E-state index is 0.172. The highest BCUT2D eigenvalue weighted by molar-refractivity contribution is 5.87. The number of carbonyl (C=O) groups is 2. The van der Waals surface area contributed by atoms with Crippen molar-refractivity contribution in [3.63, 3.8) is 0 Å². The van der Waals surface area contributed by atoms with E-state index in [1.54, 1.807) is 11.8 Å². The van der Waals surface area contributed by atoms with E-state index in [4.69, 9.17) is 10.5 Å². The third-order valence-corrected chi connectivity index (χ3v) is 2.76. The Balaban J connectivity index is 2.57. The van der Waals surface area contributed by atoms with Gasteiger partial charge in [-0.3, -0.25) is 4.79 Å². The Kier molecular flexibility index (Phi) is 4.93. The molecule has 0 aromatic heterocycles. The third kappa shape index (κ3) is 3.70. The van der Waals surface area contributed by atoms with Crippen molar-refractivity contribution in [3.05, 3.63) is 0 Å². The molecule has 5 heteroatoms. The number of hydrogen-bond donors (Lipinski definition) is 1. The number of nitrogens with zero attached hydrogens (tertiary/aromatic N) is 1. The molecular formula is C12H22N2O3. The van der Waals surface area contributed by atoms with Gasteiger partial charge in [-0.05, 0) is 25.7 Å². The average Bonchev–Trinajstić information content (AvgIpc) is 2.73. The van der Waals surface area contributed by atoms with Crippen molar-refractivity contribution in [2.24, 2.45) is 11.7 Å². The van der Waals surface area contributed by atoms with Crippen LogP contribution in [0.5, 0.6) is 0 Å². The van der Waals surface area contributed by atoms with E-state index < -0.39 is 12.1 Å². The molecule has 1 rings (SSSR count). The van der Waals surface area contributed by atoms with Crippen LogP contribution in [0.4, 0.5) is 0 Å². The van der Waals surface area contributed by atoms with Crippen LogP contribution in [-0.4, -0.2) is 42.0 Å². The zero-order valence-corrected chi connectivity index (χ0v) is 10.8. The maximum absolute atomic E-state index is 11.8. The number of rotatable bonds is 4. The van der Waals surface area contributed by atoms with Crippen molar-refractivity contribution in [1.29, 1.82) is 0 Å². The summed E-state index contributed by atoms with van der Waals surface area (Å²) in [5.74, 6) is -0.169. The molecule has 5 nitrogen and oxygen atoms in total. The summed E-state index contributed by atoms with van der Waals surface area (Å²) < 4.78 is 5.17. The molecule has 2 N–H and O–H groups in total. The van der Waals surface area contributed by atoms with Crippen molar-refractivity contribution < 1.29 is 14.3 Å². The van der Waals surface area contributed by atoms with E-state index in [1.165, 1.54) is 0 Å². The lowest BCUT2D eigenvalue weighted by atomic mass is 10.2. The second kappa shape index (κ2) is 6.00. The summed E-state index contributed by atoms with van der Waals surface area (Å²) >= 11 is 0. The number of esters is 1. The largest absolute Gasteiger partial charge is 0.464 e. The highest BCUT2D eigenvalue weighted by Gasteiger charge is 2.36. The molecule has 98 valence electrons. The highest BCUT2D eigenvalue weighted by Crippen LogP contribution is 2.19. The van der Waals surface area contributed by atoms with Crippen LogP contribution in [0.15, 0.2) is 0 Å². The van der Waals surface area contributed by atoms with Crippen LogP contribution in [0.25, 0.3) is 0 Å². The molecule has 17 heavy (non-hydrogen) atoms. The van der Waals surface area contributed by atoms with Gasteiger partial charge in [0.05, 0.1) is 12.6 Å². The van der Waals surface area contributed by atoms with Crippen molar-refractivity contribution >= 4 is 11.9 Å². The summed E-state index contributed by atoms with van der Waals surface area (Å²) in [6.45, 7) is 6.59. The molecule has 0 aromatic rings. The van der Waals surface area contributed by atoms with Crippen LogP contribution in [0.2, 0.25) is 0 Å². The molecular weight excluding hydrogens is 220 g/mol. The Morgan fingerprint density at radius 2 is 2.06 bits per heavy atom. The minimum atomic E-state index is -0.562. The van der Waals surface area contributed by atoms with Crippen molar-refractivity contribution in [1.82, 2.24) is 4.90 Å². The SMILES string of the molecule is CC(C)COC(=O)[C@@H]1CCCN1C(=O)[C@H](C)N. The summed E-state index contributed by atoms with van der Waals surface area (Å²) in [7, 11) is 0. The first-order valence-corrected chi connectivity index (χ1v) is 6.16. The van der Waals surface area contributed by atoms with E-state index in [0.29, 0.717) is 25.5 Å². The maximum atomic E-state index is 11.8. The molecule has 1 fully saturated rings. The fraction of sp³-hybridized carbons (Fsp3) is 0.833. The van der Waals surface area contributed by atoms with Gasteiger partial charge in [-0.25, -0.2) is 4.79 Å². The Hall–Kier alpha value is -1.10. The highest BCUT2D eigenvalue weighted by atomic mass is 16.5. The van der Waals surface area contributed by atoms with Crippen molar-refractivity contribution in [3.8, 4) is 0 Å². The summed E-state index contributed by atoms with van der Waals surface area (Å²) in [5.41, 5.74) is 5.56. The fourth-order valence-electron chi connectivity index (χ4n) is 1.88. The minimum Gasteiger partial charge on any atom is -0.464 e. The van der Waals surface area contributed by atoms with E-state index in [1.807, 2.05) is 13.8 Å². The predicted octanol–water partition coefficient (Wildman–Crippen LogP) is 0.524. The fourth-order valence-corrected chi connectivity index (χ4v) is 1.88. The van der Waals surface area contributed by atoms with Crippen molar-refractivity contribution in [2.45, 2.75) is 45.7 Å². The topological polar surface area (TPSA) is 72.6 Å². The quantitative estimate of drug-likeness (QED) is 0.730. The maximum Gasteiger partial charge on any atom is 0.328 e. The Labute approximate surface area is 102 Å². The van der Waals surface area contributed by atoms with Gasteiger partial charge < -0.3 is 15.4 Å². The number of likely N-dealkylation sites (tertiary alicyclic amines) is 1. The summed E-state index contributed by atoms with van der Waals surface area (Å²) in [4.78, 5) is 25.2. The molecule has 2 atom stereocenters. The molecule has 0 saturated carbocycles. The number of hydrogen-bond acceptors (Lipinski definition) is 4. The number of amides is 1. The van der Waals surface area contributed by atoms with E-state index in [0.717, 1.165) is 6.42 Å². The zero-order chi connectivity index (χ0) is 13.0. The van der Waals surface area contributed by atoms with Gasteiger partial charge in [-0.2, -0.15) is 0 Å². The molecule has 1 heterocycles. The van der Waals surface area contributed by atoms with E-state index >= 15 is 0 Å². The van der Waals surface area contributed by atoms with Gasteiger partial charge in [0.2, 0.25) is 5.91 Å². The van der Waals surface area contributed by atoms with Crippen LogP contribution < -0.4 is 5.73 Å². The standard InChI is InChI=1S/C12H22N2O3/c1-8(2)7-17-12(16)10-5-4-6-14(10)11(15)9(3)13/h8-10H,4-7,13H2,1-3H3/t9-,10-/m0/s1. The molecule has 0 unspecified atom stereocenters. The first-order chi connectivity index (χ1) is 7.93. The van der Waals surface area contributed by atoms with E-state index in [2.05, 4.69) is 0 Å². The van der Waals surface area contributed by atoms with Gasteiger partial charge in [0, 0.05) is 6.54 Å². The van der Waals surface area contributed by atoms with E-state index in [9.17, 15) is 9.59 Å². The van der Waals surface area contributed by atoms with Gasteiger partial charge >= 0.3 is 5.97 Å². The molecule has 1 saturated heterocycles. The monoisotopic (exact) mass is 242 g/mol. The molecule has 1 amide bonds. The lowest BCUT2D eigenvalue weighted by molar-refractivity contribution is -0.154. The first kappa shape index (κ1) is 14.0. The lowest BCUT2D eigenvalue weighted by Crippen LogP contribution is -2.47. The number of carbonyl (C=O) groups excluding carboxylic acids is 2. The van der Waals surface area contributed by atoms with Crippen LogP contribution in [0.1, 0.15) is 33.6 Å². The molecule has 0 aliphatic carbocycles. The Morgan fingerprint density at radius 1 is 1.41 bits per heavy atom. The number of ether oxygens (including phenoxy) is 1. The van der Waals surface area contributed by atoms with Gasteiger partial charge in [-0.1, -0.05) is 13.8 Å². The van der Waals surface area contributed by atoms with Crippen molar-refractivity contribution in [2.75, 3.05) is 13.2 Å². The summed E-state index contributed by atoms with van der Waals surface area (Å²) in [6, 6.07) is -0.999. The first-order valence-electron chi connectivity index (χ1n) is 6.16. The van der Waals surface area contributed by atoms with Crippen LogP contribution in [0, 0.1) is 5.92 Å². The van der Waals surface area contributed by atoms with Crippen LogP contribution in [0.3, 0.4) is 0 Å². The summed E-state index contributed by atoms with van der Waals surface area (Å²) in [6.07, 6.45) is 1.51. The van der Waals surface area contributed by atoms with Gasteiger partial charge in [0.15, 0.2) is 0 Å². The van der Waals surface area contributed by atoms with Gasteiger partial charge in [0.1, 0.15) is 6.04 Å². The number of nitrogens with two attached hydrogens (primary N) is 1. The third-order valence-electron chi connectivity index (χ3n) is 2.76. The Bertz CT molecular complexity index is 289.